The van der Waals surface area contributed by atoms with Crippen LogP contribution in [0, 0.1) is 13.8 Å². The molecule has 1 atom stereocenters. The Balaban J connectivity index is 2.28. The van der Waals surface area contributed by atoms with Gasteiger partial charge in [0.2, 0.25) is 0 Å². The Kier molecular flexibility index (Phi) is 3.99. The second-order valence-electron chi connectivity index (χ2n) is 4.73. The van der Waals surface area contributed by atoms with Crippen molar-refractivity contribution < 1.29 is 14.6 Å². The molecular weight excluding hydrogens is 230 g/mol. The number of aliphatic carboxylic acids is 1. The third-order valence-corrected chi connectivity index (χ3v) is 3.49. The van der Waals surface area contributed by atoms with Crippen LogP contribution >= 0.6 is 0 Å². The fourth-order valence-corrected chi connectivity index (χ4v) is 2.28. The number of hydrogen-bond acceptors (Lipinski definition) is 3. The zero-order valence-electron chi connectivity index (χ0n) is 10.8. The highest BCUT2D eigenvalue weighted by Crippen LogP contribution is 2.24. The normalized spacial score (nSPS) is 18.6. The topological polar surface area (TPSA) is 49.8 Å². The first-order chi connectivity index (χ1) is 8.59. The molecule has 1 unspecified atom stereocenters. The van der Waals surface area contributed by atoms with E-state index in [2.05, 4.69) is 0 Å². The van der Waals surface area contributed by atoms with Crippen LogP contribution in [0.15, 0.2) is 18.2 Å². The molecule has 0 saturated carbocycles. The van der Waals surface area contributed by atoms with Crippen LogP contribution in [0.2, 0.25) is 0 Å². The number of nitrogens with zero attached hydrogens (tertiary/aromatic N) is 1. The van der Waals surface area contributed by atoms with E-state index in [4.69, 9.17) is 4.74 Å². The molecule has 0 radical (unpaired) electrons. The van der Waals surface area contributed by atoms with E-state index in [0.29, 0.717) is 26.3 Å². The van der Waals surface area contributed by atoms with E-state index in [1.54, 1.807) is 0 Å². The van der Waals surface area contributed by atoms with Gasteiger partial charge < -0.3 is 9.84 Å². The summed E-state index contributed by atoms with van der Waals surface area (Å²) in [6.07, 6.45) is 0. The van der Waals surface area contributed by atoms with Crippen LogP contribution in [0.1, 0.15) is 22.7 Å². The molecule has 0 spiro atoms. The van der Waals surface area contributed by atoms with Gasteiger partial charge in [0.05, 0.1) is 13.2 Å². The smallest absolute Gasteiger partial charge is 0.325 e. The summed E-state index contributed by atoms with van der Waals surface area (Å²) in [7, 11) is 0. The molecule has 2 rings (SSSR count). The number of aryl methyl sites for hydroxylation is 2. The molecule has 1 aliphatic rings. The number of benzene rings is 1. The molecular formula is C14H19NO3. The van der Waals surface area contributed by atoms with Gasteiger partial charge in [-0.1, -0.05) is 18.2 Å². The fraction of sp³-hybridized carbons (Fsp3) is 0.500. The lowest BCUT2D eigenvalue weighted by molar-refractivity contribution is -0.145. The predicted octanol–water partition coefficient (Wildman–Crippen LogP) is 1.76. The van der Waals surface area contributed by atoms with Crippen LogP contribution in [0.5, 0.6) is 0 Å². The highest BCUT2D eigenvalue weighted by atomic mass is 16.5. The van der Waals surface area contributed by atoms with E-state index < -0.39 is 12.0 Å². The number of carbonyl (C=O) groups is 1. The Morgan fingerprint density at radius 1 is 1.28 bits per heavy atom. The first kappa shape index (κ1) is 13.1. The van der Waals surface area contributed by atoms with E-state index in [-0.39, 0.29) is 0 Å². The number of carboxylic acid groups (broad SMARTS) is 1. The van der Waals surface area contributed by atoms with Crippen LogP contribution in [-0.2, 0) is 9.53 Å². The number of carboxylic acids is 1. The van der Waals surface area contributed by atoms with Gasteiger partial charge in [-0.05, 0) is 30.5 Å². The Labute approximate surface area is 107 Å². The molecule has 0 aromatic heterocycles. The molecule has 4 heteroatoms. The molecule has 4 nitrogen and oxygen atoms in total. The average Bonchev–Trinajstić information content (AvgIpc) is 2.35. The van der Waals surface area contributed by atoms with Gasteiger partial charge in [0.15, 0.2) is 0 Å². The Hall–Kier alpha value is -1.39. The third kappa shape index (κ3) is 2.71. The monoisotopic (exact) mass is 249 g/mol. The summed E-state index contributed by atoms with van der Waals surface area (Å²) >= 11 is 0. The number of hydrogen-bond donors (Lipinski definition) is 1. The van der Waals surface area contributed by atoms with Crippen LogP contribution in [0.4, 0.5) is 0 Å². The largest absolute Gasteiger partial charge is 0.480 e. The minimum Gasteiger partial charge on any atom is -0.480 e. The molecule has 1 fully saturated rings. The van der Waals surface area contributed by atoms with E-state index >= 15 is 0 Å². The number of rotatable bonds is 3. The second kappa shape index (κ2) is 5.50. The van der Waals surface area contributed by atoms with Crippen molar-refractivity contribution >= 4 is 5.97 Å². The van der Waals surface area contributed by atoms with Crippen molar-refractivity contribution in [2.75, 3.05) is 26.3 Å². The predicted molar refractivity (Wildman–Crippen MR) is 68.7 cm³/mol. The van der Waals surface area contributed by atoms with Gasteiger partial charge in [-0.2, -0.15) is 0 Å². The highest BCUT2D eigenvalue weighted by Gasteiger charge is 2.28. The van der Waals surface area contributed by atoms with Gasteiger partial charge in [-0.15, -0.1) is 0 Å². The zero-order chi connectivity index (χ0) is 13.1. The highest BCUT2D eigenvalue weighted by molar-refractivity contribution is 5.75. The summed E-state index contributed by atoms with van der Waals surface area (Å²) in [4.78, 5) is 13.5. The SMILES string of the molecule is Cc1ccc(C(C(=O)O)N2CCOCC2)cc1C. The Morgan fingerprint density at radius 2 is 1.94 bits per heavy atom. The summed E-state index contributed by atoms with van der Waals surface area (Å²) in [5.41, 5.74) is 3.17. The van der Waals surface area contributed by atoms with Gasteiger partial charge in [0.1, 0.15) is 6.04 Å². The summed E-state index contributed by atoms with van der Waals surface area (Å²) in [6, 6.07) is 5.31. The van der Waals surface area contributed by atoms with Gasteiger partial charge in [0.25, 0.3) is 0 Å². The Bertz CT molecular complexity index is 439. The third-order valence-electron chi connectivity index (χ3n) is 3.49. The molecule has 1 aliphatic heterocycles. The van der Waals surface area contributed by atoms with Gasteiger partial charge >= 0.3 is 5.97 Å². The molecule has 1 aromatic carbocycles. The van der Waals surface area contributed by atoms with E-state index in [1.165, 1.54) is 5.56 Å². The van der Waals surface area contributed by atoms with E-state index in [0.717, 1.165) is 11.1 Å². The molecule has 1 heterocycles. The lowest BCUT2D eigenvalue weighted by Gasteiger charge is -2.32. The van der Waals surface area contributed by atoms with Crippen LogP contribution < -0.4 is 0 Å². The first-order valence-electron chi connectivity index (χ1n) is 6.21. The standard InChI is InChI=1S/C14H19NO3/c1-10-3-4-12(9-11(10)2)13(14(16)17)15-5-7-18-8-6-15/h3-4,9,13H,5-8H2,1-2H3,(H,16,17). The minimum atomic E-state index is -0.792. The molecule has 0 bridgehead atoms. The van der Waals surface area contributed by atoms with E-state index in [1.807, 2.05) is 36.9 Å². The summed E-state index contributed by atoms with van der Waals surface area (Å²) in [6.45, 7) is 6.59. The maximum atomic E-state index is 11.5. The van der Waals surface area contributed by atoms with Crippen LogP contribution in [-0.4, -0.2) is 42.3 Å². The Morgan fingerprint density at radius 3 is 2.50 bits per heavy atom. The molecule has 1 N–H and O–H groups in total. The van der Waals surface area contributed by atoms with Crippen molar-refractivity contribution in [3.05, 3.63) is 34.9 Å². The van der Waals surface area contributed by atoms with Crippen molar-refractivity contribution in [3.63, 3.8) is 0 Å². The summed E-state index contributed by atoms with van der Waals surface area (Å²) in [5, 5.41) is 9.46. The quantitative estimate of drug-likeness (QED) is 0.887. The first-order valence-corrected chi connectivity index (χ1v) is 6.21. The molecule has 1 aromatic rings. The molecule has 98 valence electrons. The summed E-state index contributed by atoms with van der Waals surface area (Å²) < 4.78 is 5.27. The number of morpholine rings is 1. The average molecular weight is 249 g/mol. The van der Waals surface area contributed by atoms with Crippen molar-refractivity contribution in [1.29, 1.82) is 0 Å². The molecule has 0 aliphatic carbocycles. The van der Waals surface area contributed by atoms with Crippen molar-refractivity contribution in [2.24, 2.45) is 0 Å². The van der Waals surface area contributed by atoms with Crippen molar-refractivity contribution in [1.82, 2.24) is 4.90 Å². The van der Waals surface area contributed by atoms with Crippen LogP contribution in [0.3, 0.4) is 0 Å². The minimum absolute atomic E-state index is 0.562. The van der Waals surface area contributed by atoms with Crippen molar-refractivity contribution in [3.8, 4) is 0 Å². The van der Waals surface area contributed by atoms with Crippen molar-refractivity contribution in [2.45, 2.75) is 19.9 Å². The zero-order valence-corrected chi connectivity index (χ0v) is 10.8. The lowest BCUT2D eigenvalue weighted by Crippen LogP contribution is -2.42. The lowest BCUT2D eigenvalue weighted by atomic mass is 10.00. The van der Waals surface area contributed by atoms with Crippen LogP contribution in [0.25, 0.3) is 0 Å². The van der Waals surface area contributed by atoms with Gasteiger partial charge in [0, 0.05) is 13.1 Å². The maximum absolute atomic E-state index is 11.5. The van der Waals surface area contributed by atoms with E-state index in [9.17, 15) is 9.90 Å². The second-order valence-corrected chi connectivity index (χ2v) is 4.73. The van der Waals surface area contributed by atoms with Gasteiger partial charge in [-0.3, -0.25) is 9.69 Å². The van der Waals surface area contributed by atoms with Gasteiger partial charge in [-0.25, -0.2) is 0 Å². The number of ether oxygens (including phenoxy) is 1. The molecule has 0 amide bonds. The maximum Gasteiger partial charge on any atom is 0.325 e. The summed E-state index contributed by atoms with van der Waals surface area (Å²) in [5.74, 6) is -0.792. The fourth-order valence-electron chi connectivity index (χ4n) is 2.28. The molecule has 1 saturated heterocycles. The molecule has 18 heavy (non-hydrogen) atoms.